The Morgan fingerprint density at radius 1 is 1.35 bits per heavy atom. The first-order chi connectivity index (χ1) is 10.9. The first kappa shape index (κ1) is 16.7. The van der Waals surface area contributed by atoms with E-state index in [9.17, 15) is 18.0 Å². The Hall–Kier alpha value is -2.65. The summed E-state index contributed by atoms with van der Waals surface area (Å²) in [5.41, 5.74) is 0.295. The predicted octanol–water partition coefficient (Wildman–Crippen LogP) is 2.45. The van der Waals surface area contributed by atoms with E-state index in [1.165, 1.54) is 16.8 Å². The van der Waals surface area contributed by atoms with Crippen LogP contribution in [-0.2, 0) is 0 Å². The summed E-state index contributed by atoms with van der Waals surface area (Å²) < 4.78 is 39.7. The Morgan fingerprint density at radius 2 is 2.09 bits per heavy atom. The van der Waals surface area contributed by atoms with Crippen molar-refractivity contribution in [1.29, 1.82) is 0 Å². The standard InChI is InChI=1S/C13H15F3N6O/c1-7(2)22-12(19-20-21-22)9-4-3-8(5-10(9)14)18-13(23)17-6-11(15)16/h3-5,7,11H,6H2,1-2H3,(H2,17,18,23). The molecule has 0 fully saturated rings. The number of urea groups is 1. The molecule has 0 aliphatic heterocycles. The lowest BCUT2D eigenvalue weighted by Gasteiger charge is -2.10. The van der Waals surface area contributed by atoms with Gasteiger partial charge in [-0.1, -0.05) is 0 Å². The van der Waals surface area contributed by atoms with Crippen LogP contribution in [0.4, 0.5) is 23.7 Å². The molecule has 23 heavy (non-hydrogen) atoms. The fourth-order valence-electron chi connectivity index (χ4n) is 1.84. The maximum absolute atomic E-state index is 14.2. The van der Waals surface area contributed by atoms with Gasteiger partial charge in [0.2, 0.25) is 0 Å². The van der Waals surface area contributed by atoms with Crippen LogP contribution in [0.1, 0.15) is 19.9 Å². The SMILES string of the molecule is CC(C)n1nnnc1-c1ccc(NC(=O)NCC(F)F)cc1F. The maximum Gasteiger partial charge on any atom is 0.319 e. The summed E-state index contributed by atoms with van der Waals surface area (Å²) in [7, 11) is 0. The Kier molecular flexibility index (Phi) is 5.14. The minimum absolute atomic E-state index is 0.0580. The van der Waals surface area contributed by atoms with Crippen molar-refractivity contribution in [3.05, 3.63) is 24.0 Å². The largest absolute Gasteiger partial charge is 0.332 e. The fourth-order valence-corrected chi connectivity index (χ4v) is 1.84. The number of benzene rings is 1. The van der Waals surface area contributed by atoms with Gasteiger partial charge in [0.25, 0.3) is 6.43 Å². The van der Waals surface area contributed by atoms with Crippen molar-refractivity contribution < 1.29 is 18.0 Å². The molecular weight excluding hydrogens is 313 g/mol. The van der Waals surface area contributed by atoms with Crippen molar-refractivity contribution in [2.24, 2.45) is 0 Å². The van der Waals surface area contributed by atoms with Crippen LogP contribution in [0.3, 0.4) is 0 Å². The molecular formula is C13H15F3N6O. The average molecular weight is 328 g/mol. The summed E-state index contributed by atoms with van der Waals surface area (Å²) in [6.45, 7) is 2.91. The highest BCUT2D eigenvalue weighted by Crippen LogP contribution is 2.24. The molecule has 0 atom stereocenters. The first-order valence-corrected chi connectivity index (χ1v) is 6.79. The van der Waals surface area contributed by atoms with Gasteiger partial charge in [-0.15, -0.1) is 5.10 Å². The van der Waals surface area contributed by atoms with Crippen molar-refractivity contribution in [1.82, 2.24) is 25.5 Å². The van der Waals surface area contributed by atoms with Crippen LogP contribution in [0.15, 0.2) is 18.2 Å². The first-order valence-electron chi connectivity index (χ1n) is 6.79. The van der Waals surface area contributed by atoms with Crippen LogP contribution < -0.4 is 10.6 Å². The van der Waals surface area contributed by atoms with Crippen LogP contribution in [0.5, 0.6) is 0 Å². The molecule has 1 aromatic carbocycles. The van der Waals surface area contributed by atoms with E-state index in [1.54, 1.807) is 0 Å². The molecule has 124 valence electrons. The highest BCUT2D eigenvalue weighted by atomic mass is 19.3. The van der Waals surface area contributed by atoms with Gasteiger partial charge in [-0.2, -0.15) is 0 Å². The molecule has 2 amide bonds. The zero-order valence-corrected chi connectivity index (χ0v) is 12.4. The van der Waals surface area contributed by atoms with Crippen LogP contribution >= 0.6 is 0 Å². The molecule has 0 saturated carbocycles. The predicted molar refractivity (Wildman–Crippen MR) is 76.6 cm³/mol. The number of rotatable bonds is 5. The maximum atomic E-state index is 14.2. The van der Waals surface area contributed by atoms with E-state index in [1.807, 2.05) is 19.2 Å². The summed E-state index contributed by atoms with van der Waals surface area (Å²) in [6, 6.07) is 3.00. The molecule has 0 bridgehead atoms. The number of carbonyl (C=O) groups excluding carboxylic acids is 1. The minimum Gasteiger partial charge on any atom is -0.332 e. The number of tetrazole rings is 1. The van der Waals surface area contributed by atoms with Crippen molar-refractivity contribution in [2.45, 2.75) is 26.3 Å². The van der Waals surface area contributed by atoms with Gasteiger partial charge in [-0.05, 0) is 42.5 Å². The molecule has 2 aromatic rings. The van der Waals surface area contributed by atoms with Crippen molar-refractivity contribution in [3.8, 4) is 11.4 Å². The lowest BCUT2D eigenvalue weighted by Crippen LogP contribution is -2.32. The van der Waals surface area contributed by atoms with Crippen LogP contribution in [0, 0.1) is 5.82 Å². The van der Waals surface area contributed by atoms with E-state index >= 15 is 0 Å². The zero-order chi connectivity index (χ0) is 17.0. The molecule has 2 rings (SSSR count). The van der Waals surface area contributed by atoms with E-state index in [0.717, 1.165) is 6.07 Å². The van der Waals surface area contributed by atoms with Crippen molar-refractivity contribution in [2.75, 3.05) is 11.9 Å². The van der Waals surface area contributed by atoms with Gasteiger partial charge in [0.05, 0.1) is 18.2 Å². The minimum atomic E-state index is -2.66. The average Bonchev–Trinajstić information content (AvgIpc) is 2.94. The third kappa shape index (κ3) is 4.18. The number of carbonyl (C=O) groups is 1. The van der Waals surface area contributed by atoms with E-state index in [2.05, 4.69) is 20.8 Å². The molecule has 0 spiro atoms. The van der Waals surface area contributed by atoms with Crippen LogP contribution in [0.2, 0.25) is 0 Å². The second-order valence-electron chi connectivity index (χ2n) is 4.96. The van der Waals surface area contributed by atoms with Crippen molar-refractivity contribution >= 4 is 11.7 Å². The molecule has 0 saturated heterocycles. The topological polar surface area (TPSA) is 84.7 Å². The van der Waals surface area contributed by atoms with Gasteiger partial charge in [-0.25, -0.2) is 22.6 Å². The highest BCUT2D eigenvalue weighted by Gasteiger charge is 2.16. The lowest BCUT2D eigenvalue weighted by atomic mass is 10.1. The molecule has 2 N–H and O–H groups in total. The summed E-state index contributed by atoms with van der Waals surface area (Å²) in [6.07, 6.45) is -2.66. The summed E-state index contributed by atoms with van der Waals surface area (Å²) in [5.74, 6) is -0.389. The van der Waals surface area contributed by atoms with E-state index in [-0.39, 0.29) is 23.1 Å². The zero-order valence-electron chi connectivity index (χ0n) is 12.4. The summed E-state index contributed by atoms with van der Waals surface area (Å²) in [5, 5.41) is 15.3. The summed E-state index contributed by atoms with van der Waals surface area (Å²) >= 11 is 0. The van der Waals surface area contributed by atoms with Crippen LogP contribution in [-0.4, -0.2) is 39.2 Å². The number of anilines is 1. The Morgan fingerprint density at radius 3 is 2.70 bits per heavy atom. The Balaban J connectivity index is 2.15. The molecule has 0 radical (unpaired) electrons. The number of hydrogen-bond donors (Lipinski definition) is 2. The molecule has 1 heterocycles. The second kappa shape index (κ2) is 7.07. The third-order valence-electron chi connectivity index (χ3n) is 2.87. The molecule has 1 aromatic heterocycles. The molecule has 7 nitrogen and oxygen atoms in total. The van der Waals surface area contributed by atoms with E-state index < -0.39 is 24.8 Å². The Labute approximate surface area is 129 Å². The van der Waals surface area contributed by atoms with Gasteiger partial charge >= 0.3 is 6.03 Å². The fraction of sp³-hybridized carbons (Fsp3) is 0.385. The number of aromatic nitrogens is 4. The van der Waals surface area contributed by atoms with Gasteiger partial charge in [0, 0.05) is 5.69 Å². The number of halogens is 3. The van der Waals surface area contributed by atoms with Crippen LogP contribution in [0.25, 0.3) is 11.4 Å². The lowest BCUT2D eigenvalue weighted by molar-refractivity contribution is 0.148. The monoisotopic (exact) mass is 328 g/mol. The molecule has 0 aliphatic rings. The van der Waals surface area contributed by atoms with E-state index in [4.69, 9.17) is 0 Å². The van der Waals surface area contributed by atoms with Gasteiger partial charge in [0.15, 0.2) is 5.82 Å². The quantitative estimate of drug-likeness (QED) is 0.883. The second-order valence-corrected chi connectivity index (χ2v) is 4.96. The Bertz CT molecular complexity index is 688. The molecule has 0 aliphatic carbocycles. The summed E-state index contributed by atoms with van der Waals surface area (Å²) in [4.78, 5) is 11.4. The van der Waals surface area contributed by atoms with Gasteiger partial charge < -0.3 is 10.6 Å². The molecule has 0 unspecified atom stereocenters. The number of nitrogens with zero attached hydrogens (tertiary/aromatic N) is 4. The van der Waals surface area contributed by atoms with Gasteiger partial charge in [-0.3, -0.25) is 0 Å². The van der Waals surface area contributed by atoms with Crippen molar-refractivity contribution in [3.63, 3.8) is 0 Å². The third-order valence-corrected chi connectivity index (χ3v) is 2.87. The number of alkyl halides is 2. The smallest absolute Gasteiger partial charge is 0.319 e. The van der Waals surface area contributed by atoms with Gasteiger partial charge in [0.1, 0.15) is 5.82 Å². The normalized spacial score (nSPS) is 11.1. The van der Waals surface area contributed by atoms with E-state index in [0.29, 0.717) is 0 Å². The number of nitrogens with one attached hydrogen (secondary N) is 2. The highest BCUT2D eigenvalue weighted by molar-refractivity contribution is 5.89. The number of hydrogen-bond acceptors (Lipinski definition) is 4. The molecule has 10 heteroatoms. The number of amides is 2.